The molecule has 4 heteroatoms. The molecular weight excluding hydrogens is 202 g/mol. The van der Waals surface area contributed by atoms with Crippen molar-refractivity contribution in [3.63, 3.8) is 0 Å². The molecule has 2 rings (SSSR count). The number of carbonyl (C=O) groups excluding carboxylic acids is 1. The lowest BCUT2D eigenvalue weighted by Crippen LogP contribution is -2.47. The molecule has 0 aromatic carbocycles. The molecule has 1 N–H and O–H groups in total. The predicted molar refractivity (Wildman–Crippen MR) is 62.1 cm³/mol. The number of nitrogens with one attached hydrogen (secondary N) is 1. The molecule has 4 nitrogen and oxygen atoms in total. The van der Waals surface area contributed by atoms with E-state index in [1.807, 2.05) is 17.8 Å². The van der Waals surface area contributed by atoms with Crippen molar-refractivity contribution in [3.8, 4) is 0 Å². The van der Waals surface area contributed by atoms with Gasteiger partial charge in [0.2, 0.25) is 0 Å². The number of ketones is 1. The summed E-state index contributed by atoms with van der Waals surface area (Å²) in [6.45, 7) is 4.05. The van der Waals surface area contributed by atoms with Crippen LogP contribution in [-0.4, -0.2) is 28.7 Å². The van der Waals surface area contributed by atoms with Gasteiger partial charge in [0.05, 0.1) is 0 Å². The highest BCUT2D eigenvalue weighted by Gasteiger charge is 2.28. The Morgan fingerprint density at radius 1 is 1.69 bits per heavy atom. The third-order valence-corrected chi connectivity index (χ3v) is 3.58. The van der Waals surface area contributed by atoms with Crippen LogP contribution in [0.2, 0.25) is 0 Å². The third-order valence-electron chi connectivity index (χ3n) is 3.58. The van der Waals surface area contributed by atoms with Crippen LogP contribution < -0.4 is 5.32 Å². The normalized spacial score (nSPS) is 18.1. The maximum atomic E-state index is 11.9. The monoisotopic (exact) mass is 221 g/mol. The number of Topliss-reactive ketones (excluding diaryl/α,β-unsaturated/α-hetero) is 1. The van der Waals surface area contributed by atoms with Crippen LogP contribution in [-0.2, 0) is 18.3 Å². The molecule has 1 aliphatic rings. The second-order valence-corrected chi connectivity index (χ2v) is 4.62. The molecule has 0 radical (unpaired) electrons. The zero-order chi connectivity index (χ0) is 11.5. The Kier molecular flexibility index (Phi) is 3.39. The summed E-state index contributed by atoms with van der Waals surface area (Å²) in [6.07, 6.45) is 3.22. The van der Waals surface area contributed by atoms with Crippen LogP contribution in [0, 0.1) is 11.8 Å². The van der Waals surface area contributed by atoms with Gasteiger partial charge in [0.25, 0.3) is 0 Å². The molecule has 0 saturated carbocycles. The summed E-state index contributed by atoms with van der Waals surface area (Å²) in [7, 11) is 1.92. The average Bonchev–Trinajstić information content (AvgIpc) is 2.57. The van der Waals surface area contributed by atoms with Gasteiger partial charge in [-0.05, 0) is 31.5 Å². The van der Waals surface area contributed by atoms with Crippen LogP contribution in [0.1, 0.15) is 19.0 Å². The first-order chi connectivity index (χ1) is 7.68. The van der Waals surface area contributed by atoms with Crippen LogP contribution in [0.4, 0.5) is 0 Å². The van der Waals surface area contributed by atoms with Gasteiger partial charge in [-0.25, -0.2) is 0 Å². The van der Waals surface area contributed by atoms with Crippen LogP contribution in [0.3, 0.4) is 0 Å². The van der Waals surface area contributed by atoms with Gasteiger partial charge in [-0.2, -0.15) is 5.10 Å². The van der Waals surface area contributed by atoms with Gasteiger partial charge in [-0.15, -0.1) is 0 Å². The number of aromatic nitrogens is 2. The Labute approximate surface area is 96.0 Å². The maximum absolute atomic E-state index is 11.9. The minimum atomic E-state index is 0.203. The maximum Gasteiger partial charge on any atom is 0.136 e. The summed E-state index contributed by atoms with van der Waals surface area (Å²) in [5.41, 5.74) is 1.13. The van der Waals surface area contributed by atoms with Crippen LogP contribution >= 0.6 is 0 Å². The molecule has 1 aromatic heterocycles. The minimum Gasteiger partial charge on any atom is -0.316 e. The van der Waals surface area contributed by atoms with Crippen LogP contribution in [0.5, 0.6) is 0 Å². The molecule has 1 saturated heterocycles. The van der Waals surface area contributed by atoms with Crippen LogP contribution in [0.25, 0.3) is 0 Å². The van der Waals surface area contributed by atoms with Gasteiger partial charge >= 0.3 is 0 Å². The summed E-state index contributed by atoms with van der Waals surface area (Å²) < 4.78 is 1.84. The van der Waals surface area contributed by atoms with Crippen molar-refractivity contribution in [2.45, 2.75) is 19.8 Å². The molecule has 1 aliphatic heterocycles. The lowest BCUT2D eigenvalue weighted by Gasteiger charge is -2.31. The fourth-order valence-corrected chi connectivity index (χ4v) is 2.05. The summed E-state index contributed by atoms with van der Waals surface area (Å²) in [5.74, 6) is 1.14. The summed E-state index contributed by atoms with van der Waals surface area (Å²) in [6, 6.07) is 1.98. The van der Waals surface area contributed by atoms with Gasteiger partial charge in [0.1, 0.15) is 5.78 Å². The van der Waals surface area contributed by atoms with Gasteiger partial charge in [0, 0.05) is 31.3 Å². The second-order valence-electron chi connectivity index (χ2n) is 4.62. The van der Waals surface area contributed by atoms with E-state index in [2.05, 4.69) is 17.3 Å². The number of aryl methyl sites for hydroxylation is 2. The number of hydrogen-bond acceptors (Lipinski definition) is 3. The Hall–Kier alpha value is -1.16. The quantitative estimate of drug-likeness (QED) is 0.799. The lowest BCUT2D eigenvalue weighted by atomic mass is 9.84. The highest BCUT2D eigenvalue weighted by molar-refractivity contribution is 5.81. The van der Waals surface area contributed by atoms with Gasteiger partial charge in [-0.1, -0.05) is 6.92 Å². The van der Waals surface area contributed by atoms with E-state index in [-0.39, 0.29) is 5.92 Å². The molecule has 0 bridgehead atoms. The minimum absolute atomic E-state index is 0.203. The molecular formula is C12H19N3O. The fraction of sp³-hybridized carbons (Fsp3) is 0.667. The van der Waals surface area contributed by atoms with Crippen LogP contribution in [0.15, 0.2) is 12.3 Å². The summed E-state index contributed by atoms with van der Waals surface area (Å²) >= 11 is 0. The Bertz CT molecular complexity index is 368. The van der Waals surface area contributed by atoms with Gasteiger partial charge < -0.3 is 5.32 Å². The lowest BCUT2D eigenvalue weighted by molar-refractivity contribution is -0.124. The van der Waals surface area contributed by atoms with Crippen molar-refractivity contribution in [3.05, 3.63) is 18.0 Å². The zero-order valence-corrected chi connectivity index (χ0v) is 9.94. The van der Waals surface area contributed by atoms with Crippen molar-refractivity contribution in [2.24, 2.45) is 18.9 Å². The molecule has 88 valence electrons. The molecule has 0 aliphatic carbocycles. The van der Waals surface area contributed by atoms with E-state index in [4.69, 9.17) is 0 Å². The van der Waals surface area contributed by atoms with E-state index in [9.17, 15) is 4.79 Å². The summed E-state index contributed by atoms with van der Waals surface area (Å²) in [5, 5.41) is 7.31. The topological polar surface area (TPSA) is 46.9 Å². The van der Waals surface area contributed by atoms with E-state index in [1.165, 1.54) is 0 Å². The standard InChI is InChI=1S/C12H19N3O/c1-9(10-7-13-8-10)12(16)4-3-11-5-6-14-15(11)2/h5-6,9-10,13H,3-4,7-8H2,1-2H3. The van der Waals surface area contributed by atoms with E-state index in [1.54, 1.807) is 6.20 Å². The molecule has 1 fully saturated rings. The predicted octanol–water partition coefficient (Wildman–Crippen LogP) is 0.777. The number of nitrogens with zero attached hydrogens (tertiary/aromatic N) is 2. The van der Waals surface area contributed by atoms with Gasteiger partial charge in [-0.3, -0.25) is 9.48 Å². The highest BCUT2D eigenvalue weighted by Crippen LogP contribution is 2.18. The number of rotatable bonds is 5. The molecule has 0 amide bonds. The first-order valence-corrected chi connectivity index (χ1v) is 5.89. The third kappa shape index (κ3) is 2.32. The molecule has 16 heavy (non-hydrogen) atoms. The average molecular weight is 221 g/mol. The Balaban J connectivity index is 1.81. The molecule has 1 atom stereocenters. The van der Waals surface area contributed by atoms with E-state index in [0.29, 0.717) is 18.1 Å². The van der Waals surface area contributed by atoms with E-state index in [0.717, 1.165) is 25.2 Å². The van der Waals surface area contributed by atoms with Crippen molar-refractivity contribution in [1.29, 1.82) is 0 Å². The van der Waals surface area contributed by atoms with Crippen molar-refractivity contribution in [1.82, 2.24) is 15.1 Å². The SMILES string of the molecule is CC(C(=O)CCc1ccnn1C)C1CNC1. The first-order valence-electron chi connectivity index (χ1n) is 5.89. The largest absolute Gasteiger partial charge is 0.316 e. The van der Waals surface area contributed by atoms with Crippen molar-refractivity contribution < 1.29 is 4.79 Å². The number of carbonyl (C=O) groups is 1. The highest BCUT2D eigenvalue weighted by atomic mass is 16.1. The Morgan fingerprint density at radius 2 is 2.44 bits per heavy atom. The van der Waals surface area contributed by atoms with Gasteiger partial charge in [0.15, 0.2) is 0 Å². The van der Waals surface area contributed by atoms with Crippen molar-refractivity contribution in [2.75, 3.05) is 13.1 Å². The fourth-order valence-electron chi connectivity index (χ4n) is 2.05. The van der Waals surface area contributed by atoms with Crippen molar-refractivity contribution >= 4 is 5.78 Å². The molecule has 2 heterocycles. The van der Waals surface area contributed by atoms with E-state index >= 15 is 0 Å². The molecule has 1 unspecified atom stereocenters. The number of hydrogen-bond donors (Lipinski definition) is 1. The van der Waals surface area contributed by atoms with E-state index < -0.39 is 0 Å². The zero-order valence-electron chi connectivity index (χ0n) is 9.94. The second kappa shape index (κ2) is 4.78. The smallest absolute Gasteiger partial charge is 0.136 e. The Morgan fingerprint density at radius 3 is 2.94 bits per heavy atom. The first kappa shape index (κ1) is 11.3. The molecule has 0 spiro atoms. The molecule has 1 aromatic rings. The summed E-state index contributed by atoms with van der Waals surface area (Å²) in [4.78, 5) is 11.9.